The molecule has 1 heterocycles. The summed E-state index contributed by atoms with van der Waals surface area (Å²) in [7, 11) is -3.43. The van der Waals surface area contributed by atoms with E-state index >= 15 is 0 Å². The van der Waals surface area contributed by atoms with E-state index in [9.17, 15) is 8.42 Å². The van der Waals surface area contributed by atoms with Crippen molar-refractivity contribution in [3.05, 3.63) is 29.5 Å². The molecule has 1 aliphatic rings. The van der Waals surface area contributed by atoms with Crippen LogP contribution in [0.2, 0.25) is 0 Å². The molecule has 0 saturated carbocycles. The van der Waals surface area contributed by atoms with Crippen molar-refractivity contribution < 1.29 is 8.42 Å². The van der Waals surface area contributed by atoms with Crippen molar-refractivity contribution in [2.24, 2.45) is 0 Å². The normalized spacial score (nSPS) is 16.9. The van der Waals surface area contributed by atoms with Crippen LogP contribution in [0.15, 0.2) is 23.1 Å². The van der Waals surface area contributed by atoms with Gasteiger partial charge in [-0.2, -0.15) is 0 Å². The minimum absolute atomic E-state index is 0.0502. The first-order valence-electron chi connectivity index (χ1n) is 7.67. The number of aromatic amines is 1. The number of hydrogen-bond donors (Lipinski definition) is 2. The molecule has 0 amide bonds. The molecule has 114 valence electrons. The summed E-state index contributed by atoms with van der Waals surface area (Å²) in [6.07, 6.45) is 5.28. The Morgan fingerprint density at radius 3 is 2.81 bits per heavy atom. The van der Waals surface area contributed by atoms with E-state index in [0.717, 1.165) is 30.2 Å². The summed E-state index contributed by atoms with van der Waals surface area (Å²) in [6.45, 7) is 3.85. The Morgan fingerprint density at radius 2 is 2.05 bits per heavy atom. The van der Waals surface area contributed by atoms with Gasteiger partial charge in [0.15, 0.2) is 0 Å². The second kappa shape index (κ2) is 5.46. The minimum Gasteiger partial charge on any atom is -0.358 e. The molecule has 5 heteroatoms. The predicted molar refractivity (Wildman–Crippen MR) is 85.0 cm³/mol. The van der Waals surface area contributed by atoms with Gasteiger partial charge in [-0.05, 0) is 62.8 Å². The highest BCUT2D eigenvalue weighted by atomic mass is 32.2. The Kier molecular flexibility index (Phi) is 3.80. The van der Waals surface area contributed by atoms with E-state index in [-0.39, 0.29) is 6.04 Å². The van der Waals surface area contributed by atoms with E-state index in [2.05, 4.69) is 9.71 Å². The third-order valence-electron chi connectivity index (χ3n) is 4.35. The lowest BCUT2D eigenvalue weighted by molar-refractivity contribution is 0.556. The van der Waals surface area contributed by atoms with Crippen molar-refractivity contribution >= 4 is 20.9 Å². The maximum atomic E-state index is 12.4. The van der Waals surface area contributed by atoms with Gasteiger partial charge in [-0.25, -0.2) is 13.1 Å². The van der Waals surface area contributed by atoms with Gasteiger partial charge in [0.1, 0.15) is 0 Å². The fraction of sp³-hybridized carbons (Fsp3) is 0.500. The van der Waals surface area contributed by atoms with Crippen LogP contribution < -0.4 is 4.72 Å². The van der Waals surface area contributed by atoms with Crippen LogP contribution in [-0.4, -0.2) is 19.4 Å². The third kappa shape index (κ3) is 2.72. The van der Waals surface area contributed by atoms with Crippen molar-refractivity contribution in [2.45, 2.75) is 56.9 Å². The average Bonchev–Trinajstić information content (AvgIpc) is 2.84. The Morgan fingerprint density at radius 1 is 1.29 bits per heavy atom. The van der Waals surface area contributed by atoms with Crippen molar-refractivity contribution in [2.75, 3.05) is 0 Å². The molecule has 21 heavy (non-hydrogen) atoms. The van der Waals surface area contributed by atoms with Crippen LogP contribution in [0.4, 0.5) is 0 Å². The maximum Gasteiger partial charge on any atom is 0.240 e. The summed E-state index contributed by atoms with van der Waals surface area (Å²) in [5.41, 5.74) is 3.63. The highest BCUT2D eigenvalue weighted by molar-refractivity contribution is 7.89. The summed E-state index contributed by atoms with van der Waals surface area (Å²) in [5.74, 6) is 0. The Bertz CT molecular complexity index is 762. The van der Waals surface area contributed by atoms with Crippen molar-refractivity contribution in [1.29, 1.82) is 0 Å². The van der Waals surface area contributed by atoms with Gasteiger partial charge in [-0.1, -0.05) is 6.92 Å². The SMILES string of the molecule is CC[C@@H](C)NS(=O)(=O)c1ccc2[nH]c3c(c2c1)CCCC3. The van der Waals surface area contributed by atoms with Crippen LogP contribution in [-0.2, 0) is 22.9 Å². The highest BCUT2D eigenvalue weighted by Crippen LogP contribution is 2.30. The zero-order valence-corrected chi connectivity index (χ0v) is 13.4. The summed E-state index contributed by atoms with van der Waals surface area (Å²) < 4.78 is 27.5. The van der Waals surface area contributed by atoms with Gasteiger partial charge in [-0.15, -0.1) is 0 Å². The summed E-state index contributed by atoms with van der Waals surface area (Å²) in [4.78, 5) is 3.79. The number of aromatic nitrogens is 1. The zero-order valence-electron chi connectivity index (χ0n) is 12.6. The molecular formula is C16H22N2O2S. The summed E-state index contributed by atoms with van der Waals surface area (Å²) >= 11 is 0. The molecule has 3 rings (SSSR count). The van der Waals surface area contributed by atoms with Crippen molar-refractivity contribution in [1.82, 2.24) is 9.71 Å². The molecule has 1 atom stereocenters. The van der Waals surface area contributed by atoms with Gasteiger partial charge in [0.2, 0.25) is 10.0 Å². The van der Waals surface area contributed by atoms with E-state index in [1.54, 1.807) is 6.07 Å². The van der Waals surface area contributed by atoms with E-state index < -0.39 is 10.0 Å². The second-order valence-electron chi connectivity index (χ2n) is 5.93. The predicted octanol–water partition coefficient (Wildman–Crippen LogP) is 3.12. The smallest absolute Gasteiger partial charge is 0.240 e. The van der Waals surface area contributed by atoms with Gasteiger partial charge in [0.25, 0.3) is 0 Å². The first-order valence-corrected chi connectivity index (χ1v) is 9.15. The van der Waals surface area contributed by atoms with E-state index in [0.29, 0.717) is 4.90 Å². The lowest BCUT2D eigenvalue weighted by Crippen LogP contribution is -2.31. The van der Waals surface area contributed by atoms with Gasteiger partial charge in [0.05, 0.1) is 4.90 Å². The molecule has 0 aliphatic heterocycles. The average molecular weight is 306 g/mol. The van der Waals surface area contributed by atoms with E-state index in [1.165, 1.54) is 24.1 Å². The monoisotopic (exact) mass is 306 g/mol. The third-order valence-corrected chi connectivity index (χ3v) is 5.94. The molecule has 0 bridgehead atoms. The largest absolute Gasteiger partial charge is 0.358 e. The fourth-order valence-corrected chi connectivity index (χ4v) is 4.32. The van der Waals surface area contributed by atoms with Gasteiger partial charge in [0, 0.05) is 22.6 Å². The lowest BCUT2D eigenvalue weighted by atomic mass is 9.96. The van der Waals surface area contributed by atoms with E-state index in [1.807, 2.05) is 26.0 Å². The summed E-state index contributed by atoms with van der Waals surface area (Å²) in [5, 5.41) is 1.07. The molecule has 1 aromatic heterocycles. The molecule has 0 radical (unpaired) electrons. The number of fused-ring (bicyclic) bond motifs is 3. The Balaban J connectivity index is 2.04. The molecular weight excluding hydrogens is 284 g/mol. The van der Waals surface area contributed by atoms with Crippen molar-refractivity contribution in [3.63, 3.8) is 0 Å². The van der Waals surface area contributed by atoms with Crippen LogP contribution in [0.1, 0.15) is 44.4 Å². The molecule has 2 aromatic rings. The molecule has 1 aromatic carbocycles. The van der Waals surface area contributed by atoms with Crippen LogP contribution in [0, 0.1) is 0 Å². The molecule has 0 saturated heterocycles. The number of hydrogen-bond acceptors (Lipinski definition) is 2. The van der Waals surface area contributed by atoms with Crippen LogP contribution in [0.5, 0.6) is 0 Å². The Hall–Kier alpha value is -1.33. The molecule has 0 spiro atoms. The minimum atomic E-state index is -3.43. The zero-order chi connectivity index (χ0) is 15.0. The standard InChI is InChI=1S/C16H22N2O2S/c1-3-11(2)18-21(19,20)12-8-9-16-14(10-12)13-6-4-5-7-15(13)17-16/h8-11,17-18H,3-7H2,1-2H3/t11-/m1/s1. The Labute approximate surface area is 126 Å². The molecule has 0 fully saturated rings. The second-order valence-corrected chi connectivity index (χ2v) is 7.64. The number of aryl methyl sites for hydroxylation is 2. The molecule has 1 aliphatic carbocycles. The number of H-pyrrole nitrogens is 1. The topological polar surface area (TPSA) is 62.0 Å². The number of benzene rings is 1. The molecule has 0 unspecified atom stereocenters. The lowest BCUT2D eigenvalue weighted by Gasteiger charge is -2.13. The summed E-state index contributed by atoms with van der Waals surface area (Å²) in [6, 6.07) is 5.35. The van der Waals surface area contributed by atoms with E-state index in [4.69, 9.17) is 0 Å². The first-order chi connectivity index (χ1) is 10.0. The quantitative estimate of drug-likeness (QED) is 0.911. The highest BCUT2D eigenvalue weighted by Gasteiger charge is 2.20. The molecule has 2 N–H and O–H groups in total. The van der Waals surface area contributed by atoms with Gasteiger partial charge >= 0.3 is 0 Å². The maximum absolute atomic E-state index is 12.4. The fourth-order valence-electron chi connectivity index (χ4n) is 2.97. The first kappa shape index (κ1) is 14.6. The van der Waals surface area contributed by atoms with Gasteiger partial charge < -0.3 is 4.98 Å². The van der Waals surface area contributed by atoms with Crippen molar-refractivity contribution in [3.8, 4) is 0 Å². The van der Waals surface area contributed by atoms with Gasteiger partial charge in [-0.3, -0.25) is 0 Å². The number of sulfonamides is 1. The number of rotatable bonds is 4. The molecule has 4 nitrogen and oxygen atoms in total. The van der Waals surface area contributed by atoms with Crippen LogP contribution in [0.25, 0.3) is 10.9 Å². The number of nitrogens with one attached hydrogen (secondary N) is 2. The van der Waals surface area contributed by atoms with Crippen LogP contribution >= 0.6 is 0 Å². The van der Waals surface area contributed by atoms with Crippen LogP contribution in [0.3, 0.4) is 0 Å².